The highest BCUT2D eigenvalue weighted by molar-refractivity contribution is 7.89. The van der Waals surface area contributed by atoms with E-state index in [9.17, 15) is 13.2 Å². The summed E-state index contributed by atoms with van der Waals surface area (Å²) >= 11 is 0. The van der Waals surface area contributed by atoms with Gasteiger partial charge in [-0.2, -0.15) is 4.31 Å². The standard InChI is InChI=1S/C21H33N3O3S/c1-16(2)17(3)22-21(25)15-23-10-12-24(13-11-23)28(26,27)20-9-8-18-6-4-5-7-19(18)14-20/h8-9,14,16-17H,4-7,10-13,15H2,1-3H3,(H,22,25)/t17-/m0/s1. The summed E-state index contributed by atoms with van der Waals surface area (Å²) in [4.78, 5) is 14.6. The molecule has 1 amide bonds. The number of fused-ring (bicyclic) bond motifs is 1. The van der Waals surface area contributed by atoms with E-state index >= 15 is 0 Å². The predicted octanol–water partition coefficient (Wildman–Crippen LogP) is 2.03. The van der Waals surface area contributed by atoms with Gasteiger partial charge in [-0.25, -0.2) is 8.42 Å². The van der Waals surface area contributed by atoms with Gasteiger partial charge in [0.15, 0.2) is 0 Å². The number of carbonyl (C=O) groups excluding carboxylic acids is 1. The van der Waals surface area contributed by atoms with Gasteiger partial charge in [0.25, 0.3) is 0 Å². The van der Waals surface area contributed by atoms with Gasteiger partial charge in [-0.05, 0) is 61.8 Å². The van der Waals surface area contributed by atoms with Crippen LogP contribution in [-0.2, 0) is 27.7 Å². The van der Waals surface area contributed by atoms with E-state index < -0.39 is 10.0 Å². The molecule has 1 saturated heterocycles. The zero-order valence-corrected chi connectivity index (χ0v) is 18.1. The van der Waals surface area contributed by atoms with E-state index in [-0.39, 0.29) is 11.9 Å². The van der Waals surface area contributed by atoms with Crippen LogP contribution in [0.5, 0.6) is 0 Å². The number of rotatable bonds is 6. The highest BCUT2D eigenvalue weighted by atomic mass is 32.2. The Bertz CT molecular complexity index is 799. The molecule has 0 bridgehead atoms. The Balaban J connectivity index is 1.57. The number of sulfonamides is 1. The van der Waals surface area contributed by atoms with Crippen LogP contribution in [0.25, 0.3) is 0 Å². The van der Waals surface area contributed by atoms with Crippen molar-refractivity contribution >= 4 is 15.9 Å². The predicted molar refractivity (Wildman–Crippen MR) is 111 cm³/mol. The molecule has 0 radical (unpaired) electrons. The van der Waals surface area contributed by atoms with Crippen LogP contribution in [0.15, 0.2) is 23.1 Å². The molecule has 0 saturated carbocycles. The molecule has 0 aromatic heterocycles. The van der Waals surface area contributed by atoms with E-state index in [4.69, 9.17) is 0 Å². The van der Waals surface area contributed by atoms with Crippen molar-refractivity contribution in [1.82, 2.24) is 14.5 Å². The number of amides is 1. The second kappa shape index (κ2) is 8.93. The molecule has 1 N–H and O–H groups in total. The lowest BCUT2D eigenvalue weighted by molar-refractivity contribution is -0.123. The number of carbonyl (C=O) groups is 1. The number of nitrogens with zero attached hydrogens (tertiary/aromatic N) is 2. The molecule has 1 fully saturated rings. The second-order valence-electron chi connectivity index (χ2n) is 8.42. The second-order valence-corrected chi connectivity index (χ2v) is 10.4. The van der Waals surface area contributed by atoms with Crippen molar-refractivity contribution in [3.8, 4) is 0 Å². The van der Waals surface area contributed by atoms with Crippen molar-refractivity contribution in [2.24, 2.45) is 5.92 Å². The third-order valence-electron chi connectivity index (χ3n) is 6.04. The molecule has 1 aromatic rings. The van der Waals surface area contributed by atoms with E-state index in [1.807, 2.05) is 24.0 Å². The molecule has 1 aliphatic carbocycles. The molecule has 2 aliphatic rings. The summed E-state index contributed by atoms with van der Waals surface area (Å²) in [5.74, 6) is 0.398. The molecule has 0 unspecified atom stereocenters. The van der Waals surface area contributed by atoms with Crippen LogP contribution < -0.4 is 5.32 Å². The molecule has 156 valence electrons. The fourth-order valence-corrected chi connectivity index (χ4v) is 5.29. The van der Waals surface area contributed by atoms with Gasteiger partial charge in [0.05, 0.1) is 11.4 Å². The van der Waals surface area contributed by atoms with Crippen LogP contribution in [0.3, 0.4) is 0 Å². The largest absolute Gasteiger partial charge is 0.352 e. The summed E-state index contributed by atoms with van der Waals surface area (Å²) in [7, 11) is -3.47. The van der Waals surface area contributed by atoms with Gasteiger partial charge in [-0.15, -0.1) is 0 Å². The first-order valence-electron chi connectivity index (χ1n) is 10.4. The lowest BCUT2D eigenvalue weighted by Crippen LogP contribution is -2.51. The first kappa shape index (κ1) is 21.3. The summed E-state index contributed by atoms with van der Waals surface area (Å²) in [6.45, 7) is 8.49. The van der Waals surface area contributed by atoms with Crippen molar-refractivity contribution < 1.29 is 13.2 Å². The average Bonchev–Trinajstić information content (AvgIpc) is 2.67. The van der Waals surface area contributed by atoms with Crippen molar-refractivity contribution in [3.05, 3.63) is 29.3 Å². The van der Waals surface area contributed by atoms with E-state index in [1.54, 1.807) is 10.4 Å². The Morgan fingerprint density at radius 2 is 1.68 bits per heavy atom. The lowest BCUT2D eigenvalue weighted by atomic mass is 9.92. The molecule has 0 spiro atoms. The highest BCUT2D eigenvalue weighted by Crippen LogP contribution is 2.26. The molecule has 1 aromatic carbocycles. The Morgan fingerprint density at radius 1 is 1.04 bits per heavy atom. The zero-order chi connectivity index (χ0) is 20.3. The molecule has 1 atom stereocenters. The lowest BCUT2D eigenvalue weighted by Gasteiger charge is -2.34. The zero-order valence-electron chi connectivity index (χ0n) is 17.3. The molecule has 28 heavy (non-hydrogen) atoms. The molecule has 7 heteroatoms. The van der Waals surface area contributed by atoms with Crippen LogP contribution in [-0.4, -0.2) is 62.3 Å². The van der Waals surface area contributed by atoms with E-state index in [0.29, 0.717) is 43.5 Å². The van der Waals surface area contributed by atoms with Crippen LogP contribution in [0.2, 0.25) is 0 Å². The van der Waals surface area contributed by atoms with Crippen molar-refractivity contribution in [1.29, 1.82) is 0 Å². The summed E-state index contributed by atoms with van der Waals surface area (Å²) in [5, 5.41) is 3.01. The number of piperazine rings is 1. The van der Waals surface area contributed by atoms with Crippen LogP contribution in [0.1, 0.15) is 44.7 Å². The smallest absolute Gasteiger partial charge is 0.243 e. The van der Waals surface area contributed by atoms with Crippen LogP contribution >= 0.6 is 0 Å². The van der Waals surface area contributed by atoms with Gasteiger partial charge >= 0.3 is 0 Å². The van der Waals surface area contributed by atoms with Crippen molar-refractivity contribution in [2.75, 3.05) is 32.7 Å². The van der Waals surface area contributed by atoms with Crippen LogP contribution in [0, 0.1) is 5.92 Å². The van der Waals surface area contributed by atoms with Gasteiger partial charge in [0.1, 0.15) is 0 Å². The molecule has 1 heterocycles. The normalized spacial score (nSPS) is 20.0. The van der Waals surface area contributed by atoms with Gasteiger partial charge in [0.2, 0.25) is 15.9 Å². The van der Waals surface area contributed by atoms with E-state index in [2.05, 4.69) is 19.2 Å². The molecule has 1 aliphatic heterocycles. The van der Waals surface area contributed by atoms with Crippen molar-refractivity contribution in [2.45, 2.75) is 57.4 Å². The van der Waals surface area contributed by atoms with Crippen LogP contribution in [0.4, 0.5) is 0 Å². The summed E-state index contributed by atoms with van der Waals surface area (Å²) in [6, 6.07) is 5.75. The third kappa shape index (κ3) is 4.93. The molecule has 3 rings (SSSR count). The Hall–Kier alpha value is -1.44. The number of benzene rings is 1. The third-order valence-corrected chi connectivity index (χ3v) is 7.94. The first-order valence-corrected chi connectivity index (χ1v) is 11.8. The SMILES string of the molecule is CC(C)[C@H](C)NC(=O)CN1CCN(S(=O)(=O)c2ccc3c(c2)CCCC3)CC1. The monoisotopic (exact) mass is 407 g/mol. The summed E-state index contributed by atoms with van der Waals surface area (Å²) < 4.78 is 27.7. The van der Waals surface area contributed by atoms with E-state index in [1.165, 1.54) is 17.5 Å². The number of hydrogen-bond acceptors (Lipinski definition) is 4. The summed E-state index contributed by atoms with van der Waals surface area (Å²) in [5.41, 5.74) is 2.47. The Labute approximate surface area is 169 Å². The summed E-state index contributed by atoms with van der Waals surface area (Å²) in [6.07, 6.45) is 4.33. The van der Waals surface area contributed by atoms with Gasteiger partial charge in [-0.3, -0.25) is 9.69 Å². The minimum Gasteiger partial charge on any atom is -0.352 e. The molecular weight excluding hydrogens is 374 g/mol. The number of hydrogen-bond donors (Lipinski definition) is 1. The number of nitrogens with one attached hydrogen (secondary N) is 1. The minimum absolute atomic E-state index is 0.00666. The maximum absolute atomic E-state index is 13.1. The topological polar surface area (TPSA) is 69.7 Å². The molecule has 6 nitrogen and oxygen atoms in total. The van der Waals surface area contributed by atoms with Gasteiger partial charge in [-0.1, -0.05) is 19.9 Å². The quantitative estimate of drug-likeness (QED) is 0.783. The average molecular weight is 408 g/mol. The highest BCUT2D eigenvalue weighted by Gasteiger charge is 2.30. The van der Waals surface area contributed by atoms with E-state index in [0.717, 1.165) is 19.3 Å². The first-order chi connectivity index (χ1) is 13.3. The van der Waals surface area contributed by atoms with Crippen molar-refractivity contribution in [3.63, 3.8) is 0 Å². The van der Waals surface area contributed by atoms with Gasteiger partial charge < -0.3 is 5.32 Å². The fraction of sp³-hybridized carbons (Fsp3) is 0.667. The Kier molecular flexibility index (Phi) is 6.78. The minimum atomic E-state index is -3.47. The molecular formula is C21H33N3O3S. The fourth-order valence-electron chi connectivity index (χ4n) is 3.82. The maximum Gasteiger partial charge on any atom is 0.243 e. The Morgan fingerprint density at radius 3 is 2.32 bits per heavy atom. The number of aryl methyl sites for hydroxylation is 2. The van der Waals surface area contributed by atoms with Gasteiger partial charge in [0, 0.05) is 32.2 Å². The maximum atomic E-state index is 13.1.